The minimum Gasteiger partial charge on any atom is -0.392 e. The van der Waals surface area contributed by atoms with Crippen LogP contribution in [-0.4, -0.2) is 32.8 Å². The summed E-state index contributed by atoms with van der Waals surface area (Å²) in [6.45, 7) is 6.53. The zero-order chi connectivity index (χ0) is 15.9. The average molecular weight is 315 g/mol. The van der Waals surface area contributed by atoms with Crippen molar-refractivity contribution in [3.63, 3.8) is 0 Å². The van der Waals surface area contributed by atoms with E-state index < -0.39 is 10.0 Å². The molecule has 0 unspecified atom stereocenters. The Kier molecular flexibility index (Phi) is 7.31. The zero-order valence-corrected chi connectivity index (χ0v) is 13.7. The van der Waals surface area contributed by atoms with Gasteiger partial charge in [-0.1, -0.05) is 12.1 Å². The summed E-state index contributed by atoms with van der Waals surface area (Å²) in [4.78, 5) is 0.229. The van der Waals surface area contributed by atoms with Crippen LogP contribution in [-0.2, 0) is 21.4 Å². The van der Waals surface area contributed by atoms with E-state index in [1.54, 1.807) is 19.1 Å². The van der Waals surface area contributed by atoms with Crippen LogP contribution < -0.4 is 4.72 Å². The summed E-state index contributed by atoms with van der Waals surface area (Å²) in [5.74, 6) is 0. The Balaban J connectivity index is 2.54. The molecule has 0 amide bonds. The second-order valence-electron chi connectivity index (χ2n) is 5.28. The van der Waals surface area contributed by atoms with Crippen LogP contribution in [0.15, 0.2) is 23.1 Å². The summed E-state index contributed by atoms with van der Waals surface area (Å²) >= 11 is 0. The number of aryl methyl sites for hydroxylation is 1. The second-order valence-corrected chi connectivity index (χ2v) is 7.02. The number of hydrogen-bond acceptors (Lipinski definition) is 4. The standard InChI is InChI=1S/C15H25NO4S/c1-12(2)20-9-5-4-8-16-21(18,19)15-10-14(11-17)7-6-13(15)3/h6-7,10,12,16-17H,4-5,8-9,11H2,1-3H3. The summed E-state index contributed by atoms with van der Waals surface area (Å²) < 4.78 is 32.5. The van der Waals surface area contributed by atoms with Gasteiger partial charge in [0.2, 0.25) is 10.0 Å². The number of rotatable bonds is 9. The van der Waals surface area contributed by atoms with E-state index in [1.807, 2.05) is 13.8 Å². The topological polar surface area (TPSA) is 75.6 Å². The maximum atomic E-state index is 12.2. The van der Waals surface area contributed by atoms with Gasteiger partial charge in [-0.05, 0) is 50.8 Å². The zero-order valence-electron chi connectivity index (χ0n) is 12.9. The highest BCUT2D eigenvalue weighted by Gasteiger charge is 2.16. The lowest BCUT2D eigenvalue weighted by molar-refractivity contribution is 0.0762. The highest BCUT2D eigenvalue weighted by Crippen LogP contribution is 2.17. The highest BCUT2D eigenvalue weighted by molar-refractivity contribution is 7.89. The van der Waals surface area contributed by atoms with Gasteiger partial charge < -0.3 is 9.84 Å². The SMILES string of the molecule is Cc1ccc(CO)cc1S(=O)(=O)NCCCCOC(C)C. The van der Waals surface area contributed by atoms with Crippen molar-refractivity contribution in [2.75, 3.05) is 13.2 Å². The van der Waals surface area contributed by atoms with Gasteiger partial charge in [0.25, 0.3) is 0 Å². The Morgan fingerprint density at radius 3 is 2.62 bits per heavy atom. The lowest BCUT2D eigenvalue weighted by Crippen LogP contribution is -2.26. The molecule has 2 N–H and O–H groups in total. The molecule has 0 spiro atoms. The van der Waals surface area contributed by atoms with Gasteiger partial charge in [0, 0.05) is 13.2 Å². The number of hydrogen-bond donors (Lipinski definition) is 2. The Bertz CT molecular complexity index is 541. The van der Waals surface area contributed by atoms with Crippen LogP contribution in [0, 0.1) is 6.92 Å². The second kappa shape index (κ2) is 8.48. The van der Waals surface area contributed by atoms with Gasteiger partial charge in [-0.2, -0.15) is 0 Å². The van der Waals surface area contributed by atoms with Crippen LogP contribution in [0.3, 0.4) is 0 Å². The molecule has 1 aromatic carbocycles. The predicted octanol–water partition coefficient (Wildman–Crippen LogP) is 1.97. The summed E-state index contributed by atoms with van der Waals surface area (Å²) in [6, 6.07) is 4.94. The molecule has 1 rings (SSSR count). The first-order valence-electron chi connectivity index (χ1n) is 7.18. The molecule has 5 nitrogen and oxygen atoms in total. The van der Waals surface area contributed by atoms with Gasteiger partial charge >= 0.3 is 0 Å². The van der Waals surface area contributed by atoms with Crippen LogP contribution >= 0.6 is 0 Å². The molecule has 0 radical (unpaired) electrons. The van der Waals surface area contributed by atoms with Crippen LogP contribution in [0.2, 0.25) is 0 Å². The quantitative estimate of drug-likeness (QED) is 0.683. The van der Waals surface area contributed by atoms with Crippen LogP contribution in [0.5, 0.6) is 0 Å². The molecule has 0 bridgehead atoms. The number of benzene rings is 1. The number of aliphatic hydroxyl groups excluding tert-OH is 1. The Labute approximate surface area is 127 Å². The summed E-state index contributed by atoms with van der Waals surface area (Å²) in [7, 11) is -3.53. The first-order chi connectivity index (χ1) is 9.86. The largest absolute Gasteiger partial charge is 0.392 e. The number of ether oxygens (including phenoxy) is 1. The Hall–Kier alpha value is -0.950. The molecule has 0 saturated carbocycles. The molecular formula is C15H25NO4S. The molecule has 0 aromatic heterocycles. The smallest absolute Gasteiger partial charge is 0.240 e. The van der Waals surface area contributed by atoms with Gasteiger partial charge in [0.1, 0.15) is 0 Å². The van der Waals surface area contributed by atoms with Gasteiger partial charge in [0.15, 0.2) is 0 Å². The average Bonchev–Trinajstić information content (AvgIpc) is 2.42. The van der Waals surface area contributed by atoms with Crippen molar-refractivity contribution in [2.24, 2.45) is 0 Å². The fraction of sp³-hybridized carbons (Fsp3) is 0.600. The molecule has 0 aliphatic rings. The summed E-state index contributed by atoms with van der Waals surface area (Å²) in [5, 5.41) is 9.11. The fourth-order valence-electron chi connectivity index (χ4n) is 1.86. The maximum Gasteiger partial charge on any atom is 0.240 e. The van der Waals surface area contributed by atoms with E-state index in [2.05, 4.69) is 4.72 Å². The van der Waals surface area contributed by atoms with Crippen LogP contribution in [0.25, 0.3) is 0 Å². The monoisotopic (exact) mass is 315 g/mol. The van der Waals surface area contributed by atoms with E-state index in [4.69, 9.17) is 9.84 Å². The van der Waals surface area contributed by atoms with Crippen molar-refractivity contribution >= 4 is 10.0 Å². The maximum absolute atomic E-state index is 12.2. The van der Waals surface area contributed by atoms with Crippen LogP contribution in [0.1, 0.15) is 37.8 Å². The van der Waals surface area contributed by atoms with Crippen molar-refractivity contribution in [1.29, 1.82) is 0 Å². The molecule has 1 aromatic rings. The number of nitrogens with one attached hydrogen (secondary N) is 1. The molecule has 6 heteroatoms. The summed E-state index contributed by atoms with van der Waals surface area (Å²) in [5.41, 5.74) is 1.26. The first-order valence-corrected chi connectivity index (χ1v) is 8.67. The molecule has 120 valence electrons. The van der Waals surface area contributed by atoms with Gasteiger partial charge in [0.05, 0.1) is 17.6 Å². The van der Waals surface area contributed by atoms with E-state index in [0.717, 1.165) is 12.8 Å². The minimum atomic E-state index is -3.53. The van der Waals surface area contributed by atoms with Crippen molar-refractivity contribution in [3.05, 3.63) is 29.3 Å². The number of sulfonamides is 1. The Morgan fingerprint density at radius 1 is 1.29 bits per heavy atom. The lowest BCUT2D eigenvalue weighted by atomic mass is 10.2. The minimum absolute atomic E-state index is 0.171. The predicted molar refractivity (Wildman–Crippen MR) is 82.6 cm³/mol. The number of aliphatic hydroxyl groups is 1. The molecule has 0 fully saturated rings. The van der Waals surface area contributed by atoms with E-state index in [1.165, 1.54) is 6.07 Å². The van der Waals surface area contributed by atoms with Gasteiger partial charge in [-0.15, -0.1) is 0 Å². The number of unbranched alkanes of at least 4 members (excludes halogenated alkanes) is 1. The van der Waals surface area contributed by atoms with Gasteiger partial charge in [-0.25, -0.2) is 13.1 Å². The molecule has 0 aliphatic heterocycles. The van der Waals surface area contributed by atoms with Gasteiger partial charge in [-0.3, -0.25) is 0 Å². The molecule has 0 saturated heterocycles. The van der Waals surface area contributed by atoms with Crippen molar-refractivity contribution < 1.29 is 18.3 Å². The molecule has 21 heavy (non-hydrogen) atoms. The van der Waals surface area contributed by atoms with Crippen molar-refractivity contribution in [1.82, 2.24) is 4.72 Å². The first kappa shape index (κ1) is 18.1. The molecule has 0 atom stereocenters. The molecular weight excluding hydrogens is 290 g/mol. The van der Waals surface area contributed by atoms with E-state index in [-0.39, 0.29) is 17.6 Å². The Morgan fingerprint density at radius 2 is 2.00 bits per heavy atom. The summed E-state index contributed by atoms with van der Waals surface area (Å²) in [6.07, 6.45) is 1.74. The van der Waals surface area contributed by atoms with E-state index in [9.17, 15) is 8.42 Å². The molecule has 0 heterocycles. The van der Waals surface area contributed by atoms with E-state index in [0.29, 0.717) is 24.3 Å². The molecule has 0 aliphatic carbocycles. The van der Waals surface area contributed by atoms with E-state index >= 15 is 0 Å². The third-order valence-corrected chi connectivity index (χ3v) is 4.64. The third-order valence-electron chi connectivity index (χ3n) is 3.04. The lowest BCUT2D eigenvalue weighted by Gasteiger charge is -2.11. The third kappa shape index (κ3) is 6.13. The normalized spacial score (nSPS) is 12.0. The van der Waals surface area contributed by atoms with Crippen molar-refractivity contribution in [3.8, 4) is 0 Å². The fourth-order valence-corrected chi connectivity index (χ4v) is 3.23. The van der Waals surface area contributed by atoms with Crippen LogP contribution in [0.4, 0.5) is 0 Å². The highest BCUT2D eigenvalue weighted by atomic mass is 32.2. The van der Waals surface area contributed by atoms with Crippen molar-refractivity contribution in [2.45, 2.75) is 51.2 Å².